The van der Waals surface area contributed by atoms with Crippen molar-refractivity contribution in [1.29, 1.82) is 0 Å². The van der Waals surface area contributed by atoms with Crippen molar-refractivity contribution in [3.63, 3.8) is 0 Å². The SMILES string of the molecule is Cc1ccc(NC(=O)CO[C@H]2CCCNC2)cc1. The van der Waals surface area contributed by atoms with E-state index < -0.39 is 0 Å². The van der Waals surface area contributed by atoms with E-state index in [4.69, 9.17) is 4.74 Å². The van der Waals surface area contributed by atoms with Crippen molar-refractivity contribution in [3.05, 3.63) is 29.8 Å². The van der Waals surface area contributed by atoms with E-state index in [9.17, 15) is 4.79 Å². The average molecular weight is 248 g/mol. The molecule has 0 bridgehead atoms. The molecule has 0 saturated carbocycles. The highest BCUT2D eigenvalue weighted by Gasteiger charge is 2.14. The molecule has 0 radical (unpaired) electrons. The predicted molar refractivity (Wildman–Crippen MR) is 71.7 cm³/mol. The van der Waals surface area contributed by atoms with Crippen LogP contribution in [0.5, 0.6) is 0 Å². The second-order valence-corrected chi connectivity index (χ2v) is 4.69. The Morgan fingerprint density at radius 3 is 2.89 bits per heavy atom. The van der Waals surface area contributed by atoms with Gasteiger partial charge < -0.3 is 15.4 Å². The molecule has 4 nitrogen and oxygen atoms in total. The summed E-state index contributed by atoms with van der Waals surface area (Å²) in [5.74, 6) is -0.0931. The molecule has 0 unspecified atom stereocenters. The highest BCUT2D eigenvalue weighted by atomic mass is 16.5. The number of nitrogens with one attached hydrogen (secondary N) is 2. The maximum absolute atomic E-state index is 11.7. The molecule has 2 N–H and O–H groups in total. The van der Waals surface area contributed by atoms with Gasteiger partial charge in [-0.15, -0.1) is 0 Å². The Bertz CT molecular complexity index is 383. The van der Waals surface area contributed by atoms with Crippen LogP contribution in [-0.2, 0) is 9.53 Å². The summed E-state index contributed by atoms with van der Waals surface area (Å²) in [7, 11) is 0. The smallest absolute Gasteiger partial charge is 0.250 e. The molecule has 2 rings (SSSR count). The maximum atomic E-state index is 11.7. The van der Waals surface area contributed by atoms with E-state index >= 15 is 0 Å². The van der Waals surface area contributed by atoms with Gasteiger partial charge >= 0.3 is 0 Å². The first-order chi connectivity index (χ1) is 8.74. The minimum absolute atomic E-state index is 0.0931. The number of aryl methyl sites for hydroxylation is 1. The van der Waals surface area contributed by atoms with Gasteiger partial charge in [-0.2, -0.15) is 0 Å². The molecule has 0 aliphatic carbocycles. The van der Waals surface area contributed by atoms with Crippen LogP contribution >= 0.6 is 0 Å². The van der Waals surface area contributed by atoms with Crippen molar-refractivity contribution in [1.82, 2.24) is 5.32 Å². The number of amides is 1. The van der Waals surface area contributed by atoms with Gasteiger partial charge in [-0.05, 0) is 38.4 Å². The summed E-state index contributed by atoms with van der Waals surface area (Å²) >= 11 is 0. The summed E-state index contributed by atoms with van der Waals surface area (Å²) in [5.41, 5.74) is 1.99. The second-order valence-electron chi connectivity index (χ2n) is 4.69. The molecule has 1 saturated heterocycles. The molecule has 1 aromatic carbocycles. The lowest BCUT2D eigenvalue weighted by atomic mass is 10.1. The first-order valence-electron chi connectivity index (χ1n) is 6.43. The van der Waals surface area contributed by atoms with Crippen LogP contribution in [0.2, 0.25) is 0 Å². The van der Waals surface area contributed by atoms with Crippen molar-refractivity contribution in [2.45, 2.75) is 25.9 Å². The highest BCUT2D eigenvalue weighted by molar-refractivity contribution is 5.91. The number of carbonyl (C=O) groups excluding carboxylic acids is 1. The van der Waals surface area contributed by atoms with Crippen LogP contribution in [0, 0.1) is 6.92 Å². The van der Waals surface area contributed by atoms with Crippen molar-refractivity contribution >= 4 is 11.6 Å². The van der Waals surface area contributed by atoms with Gasteiger partial charge in [-0.1, -0.05) is 17.7 Å². The Balaban J connectivity index is 1.73. The van der Waals surface area contributed by atoms with Gasteiger partial charge in [0.25, 0.3) is 0 Å². The number of benzene rings is 1. The van der Waals surface area contributed by atoms with E-state index in [2.05, 4.69) is 10.6 Å². The Morgan fingerprint density at radius 1 is 1.44 bits per heavy atom. The fourth-order valence-corrected chi connectivity index (χ4v) is 1.99. The lowest BCUT2D eigenvalue weighted by Gasteiger charge is -2.22. The third-order valence-corrected chi connectivity index (χ3v) is 3.04. The van der Waals surface area contributed by atoms with E-state index in [0.717, 1.165) is 31.6 Å². The van der Waals surface area contributed by atoms with Crippen molar-refractivity contribution < 1.29 is 9.53 Å². The van der Waals surface area contributed by atoms with Crippen molar-refractivity contribution in [2.75, 3.05) is 25.0 Å². The zero-order valence-electron chi connectivity index (χ0n) is 10.7. The molecule has 1 fully saturated rings. The summed E-state index contributed by atoms with van der Waals surface area (Å²) < 4.78 is 5.57. The number of piperidine rings is 1. The zero-order valence-corrected chi connectivity index (χ0v) is 10.7. The molecular formula is C14H20N2O2. The van der Waals surface area contributed by atoms with Gasteiger partial charge in [0.1, 0.15) is 6.61 Å². The monoisotopic (exact) mass is 248 g/mol. The number of carbonyl (C=O) groups is 1. The predicted octanol–water partition coefficient (Wildman–Crippen LogP) is 1.70. The molecule has 0 aromatic heterocycles. The molecule has 1 aliphatic rings. The number of ether oxygens (including phenoxy) is 1. The first-order valence-corrected chi connectivity index (χ1v) is 6.43. The molecule has 1 atom stereocenters. The van der Waals surface area contributed by atoms with Crippen molar-refractivity contribution in [2.24, 2.45) is 0 Å². The number of anilines is 1. The van der Waals surface area contributed by atoms with Gasteiger partial charge in [0.05, 0.1) is 6.10 Å². The summed E-state index contributed by atoms with van der Waals surface area (Å²) in [6.45, 7) is 4.04. The topological polar surface area (TPSA) is 50.4 Å². The summed E-state index contributed by atoms with van der Waals surface area (Å²) in [6.07, 6.45) is 2.32. The minimum atomic E-state index is -0.0931. The lowest BCUT2D eigenvalue weighted by molar-refractivity contribution is -0.122. The van der Waals surface area contributed by atoms with Crippen LogP contribution in [0.3, 0.4) is 0 Å². The van der Waals surface area contributed by atoms with E-state index in [0.29, 0.717) is 0 Å². The van der Waals surface area contributed by atoms with Gasteiger partial charge in [0.15, 0.2) is 0 Å². The van der Waals surface area contributed by atoms with E-state index in [-0.39, 0.29) is 18.6 Å². The van der Waals surface area contributed by atoms with Gasteiger partial charge in [0.2, 0.25) is 5.91 Å². The van der Waals surface area contributed by atoms with Gasteiger partial charge in [-0.3, -0.25) is 4.79 Å². The number of hydrogen-bond donors (Lipinski definition) is 2. The molecule has 98 valence electrons. The highest BCUT2D eigenvalue weighted by Crippen LogP contribution is 2.09. The molecule has 1 heterocycles. The van der Waals surface area contributed by atoms with Crippen LogP contribution < -0.4 is 10.6 Å². The largest absolute Gasteiger partial charge is 0.367 e. The molecule has 1 aromatic rings. The molecular weight excluding hydrogens is 228 g/mol. The number of hydrogen-bond acceptors (Lipinski definition) is 3. The average Bonchev–Trinajstić information content (AvgIpc) is 2.40. The molecule has 4 heteroatoms. The third kappa shape index (κ3) is 4.13. The Morgan fingerprint density at radius 2 is 2.22 bits per heavy atom. The zero-order chi connectivity index (χ0) is 12.8. The minimum Gasteiger partial charge on any atom is -0.367 e. The lowest BCUT2D eigenvalue weighted by Crippen LogP contribution is -2.37. The summed E-state index contributed by atoms with van der Waals surface area (Å²) in [6, 6.07) is 7.74. The third-order valence-electron chi connectivity index (χ3n) is 3.04. The first kappa shape index (κ1) is 13.1. The van der Waals surface area contributed by atoms with Crippen LogP contribution in [0.4, 0.5) is 5.69 Å². The van der Waals surface area contributed by atoms with E-state index in [1.165, 1.54) is 5.56 Å². The van der Waals surface area contributed by atoms with E-state index in [1.54, 1.807) is 0 Å². The van der Waals surface area contributed by atoms with Crippen LogP contribution in [0.1, 0.15) is 18.4 Å². The molecule has 1 amide bonds. The summed E-state index contributed by atoms with van der Waals surface area (Å²) in [5, 5.41) is 6.08. The second kappa shape index (κ2) is 6.52. The normalized spacial score (nSPS) is 19.5. The molecule has 18 heavy (non-hydrogen) atoms. The maximum Gasteiger partial charge on any atom is 0.250 e. The Kier molecular flexibility index (Phi) is 4.73. The summed E-state index contributed by atoms with van der Waals surface area (Å²) in [4.78, 5) is 11.7. The van der Waals surface area contributed by atoms with Crippen molar-refractivity contribution in [3.8, 4) is 0 Å². The van der Waals surface area contributed by atoms with Crippen LogP contribution in [-0.4, -0.2) is 31.7 Å². The fourth-order valence-electron chi connectivity index (χ4n) is 1.99. The standard InChI is InChI=1S/C14H20N2O2/c1-11-4-6-12(7-5-11)16-14(17)10-18-13-3-2-8-15-9-13/h4-7,13,15H,2-3,8-10H2,1H3,(H,16,17)/t13-/m0/s1. The van der Waals surface area contributed by atoms with Gasteiger partial charge in [0, 0.05) is 12.2 Å². The number of rotatable bonds is 4. The van der Waals surface area contributed by atoms with Gasteiger partial charge in [-0.25, -0.2) is 0 Å². The molecule has 1 aliphatic heterocycles. The molecule has 0 spiro atoms. The Hall–Kier alpha value is -1.39. The Labute approximate surface area is 108 Å². The van der Waals surface area contributed by atoms with Crippen LogP contribution in [0.15, 0.2) is 24.3 Å². The fraction of sp³-hybridized carbons (Fsp3) is 0.500. The van der Waals surface area contributed by atoms with Crippen LogP contribution in [0.25, 0.3) is 0 Å². The van der Waals surface area contributed by atoms with E-state index in [1.807, 2.05) is 31.2 Å². The quantitative estimate of drug-likeness (QED) is 0.852.